The first-order chi connectivity index (χ1) is 15.8. The third-order valence-corrected chi connectivity index (χ3v) is 6.04. The molecule has 1 aliphatic rings. The van der Waals surface area contributed by atoms with Gasteiger partial charge in [-0.1, -0.05) is 23.7 Å². The van der Waals surface area contributed by atoms with Crippen LogP contribution < -0.4 is 15.5 Å². The van der Waals surface area contributed by atoms with Crippen molar-refractivity contribution < 1.29 is 4.79 Å². The Hall–Kier alpha value is -3.17. The number of hydrogen-bond acceptors (Lipinski definition) is 7. The van der Waals surface area contributed by atoms with Crippen LogP contribution in [-0.2, 0) is 0 Å². The number of aryl methyl sites for hydroxylation is 2. The van der Waals surface area contributed by atoms with E-state index in [1.807, 2.05) is 32.0 Å². The molecule has 0 saturated carbocycles. The topological polar surface area (TPSA) is 102 Å². The normalized spacial score (nSPS) is 14.5. The Labute approximate surface area is 198 Å². The van der Waals surface area contributed by atoms with Crippen LogP contribution in [0.15, 0.2) is 30.5 Å². The fraction of sp³-hybridized carbons (Fsp3) is 0.391. The summed E-state index contributed by atoms with van der Waals surface area (Å²) in [6.45, 7) is 12.0. The highest BCUT2D eigenvalue weighted by molar-refractivity contribution is 6.34. The molecule has 9 nitrogen and oxygen atoms in total. The predicted octanol–water partition coefficient (Wildman–Crippen LogP) is 4.00. The maximum atomic E-state index is 12.7. The number of piperazine rings is 1. The first-order valence-corrected chi connectivity index (χ1v) is 11.4. The molecule has 10 heteroatoms. The van der Waals surface area contributed by atoms with Crippen LogP contribution in [0.2, 0.25) is 5.02 Å². The Morgan fingerprint density at radius 3 is 2.61 bits per heavy atom. The molecule has 0 spiro atoms. The number of anilines is 4. The van der Waals surface area contributed by atoms with Crippen LogP contribution in [0, 0.1) is 13.8 Å². The van der Waals surface area contributed by atoms with E-state index in [9.17, 15) is 4.79 Å². The smallest absolute Gasteiger partial charge is 0.273 e. The molecule has 1 saturated heterocycles. The average molecular weight is 469 g/mol. The Balaban J connectivity index is 1.44. The standard InChI is InChI=1S/C23H29ClN8O/c1-14(2)31-8-10-32(11-9-31)20-12-19(26-16(4)27-20)29-23-25-13-18(28-23)22(33)30-21-15(3)6-5-7-17(21)24/h5-7,12-14H,8-11H2,1-4H3,(H,30,33)(H2,25,26,27,28,29). The molecule has 0 bridgehead atoms. The van der Waals surface area contributed by atoms with Crippen LogP contribution in [0.5, 0.6) is 0 Å². The predicted molar refractivity (Wildman–Crippen MR) is 132 cm³/mol. The second-order valence-corrected chi connectivity index (χ2v) is 8.84. The molecule has 33 heavy (non-hydrogen) atoms. The summed E-state index contributed by atoms with van der Waals surface area (Å²) < 4.78 is 0. The molecule has 3 heterocycles. The largest absolute Gasteiger partial charge is 0.354 e. The quantitative estimate of drug-likeness (QED) is 0.502. The summed E-state index contributed by atoms with van der Waals surface area (Å²) in [6, 6.07) is 7.92. The third-order valence-electron chi connectivity index (χ3n) is 5.72. The number of hydrogen-bond donors (Lipinski definition) is 3. The van der Waals surface area contributed by atoms with Crippen molar-refractivity contribution in [3.63, 3.8) is 0 Å². The highest BCUT2D eigenvalue weighted by Crippen LogP contribution is 2.26. The van der Waals surface area contributed by atoms with Gasteiger partial charge in [0.1, 0.15) is 23.2 Å². The van der Waals surface area contributed by atoms with Crippen molar-refractivity contribution in [2.45, 2.75) is 33.7 Å². The second-order valence-electron chi connectivity index (χ2n) is 8.43. The number of carbonyl (C=O) groups excluding carboxylic acids is 1. The highest BCUT2D eigenvalue weighted by Gasteiger charge is 2.21. The van der Waals surface area contributed by atoms with E-state index in [4.69, 9.17) is 11.6 Å². The summed E-state index contributed by atoms with van der Waals surface area (Å²) in [6.07, 6.45) is 1.48. The number of rotatable bonds is 6. The number of para-hydroxylation sites is 1. The minimum Gasteiger partial charge on any atom is -0.354 e. The van der Waals surface area contributed by atoms with Gasteiger partial charge in [-0.25, -0.2) is 15.0 Å². The lowest BCUT2D eigenvalue weighted by Crippen LogP contribution is -2.49. The Morgan fingerprint density at radius 1 is 1.15 bits per heavy atom. The number of nitrogens with zero attached hydrogens (tertiary/aromatic N) is 5. The van der Waals surface area contributed by atoms with Crippen LogP contribution in [0.1, 0.15) is 35.7 Å². The SMILES string of the molecule is Cc1nc(Nc2ncc(C(=O)Nc3c(C)cccc3Cl)[nH]2)cc(N2CCN(C(C)C)CC2)n1. The van der Waals surface area contributed by atoms with Crippen LogP contribution in [-0.4, -0.2) is 63.0 Å². The Bertz CT molecular complexity index is 1120. The van der Waals surface area contributed by atoms with Crippen molar-refractivity contribution in [1.82, 2.24) is 24.8 Å². The van der Waals surface area contributed by atoms with E-state index in [0.717, 1.165) is 37.6 Å². The second kappa shape index (κ2) is 9.76. The lowest BCUT2D eigenvalue weighted by atomic mass is 10.2. The summed E-state index contributed by atoms with van der Waals surface area (Å²) in [7, 11) is 0. The van der Waals surface area contributed by atoms with Crippen molar-refractivity contribution in [3.05, 3.63) is 52.6 Å². The zero-order valence-corrected chi connectivity index (χ0v) is 20.1. The van der Waals surface area contributed by atoms with Crippen molar-refractivity contribution in [1.29, 1.82) is 0 Å². The summed E-state index contributed by atoms with van der Waals surface area (Å²) >= 11 is 6.22. The van der Waals surface area contributed by atoms with Crippen molar-refractivity contribution >= 4 is 40.8 Å². The van der Waals surface area contributed by atoms with Gasteiger partial charge in [0.25, 0.3) is 5.91 Å². The van der Waals surface area contributed by atoms with E-state index < -0.39 is 0 Å². The number of imidazole rings is 1. The van der Waals surface area contributed by atoms with Gasteiger partial charge in [0, 0.05) is 38.3 Å². The minimum atomic E-state index is -0.325. The highest BCUT2D eigenvalue weighted by atomic mass is 35.5. The van der Waals surface area contributed by atoms with Gasteiger partial charge >= 0.3 is 0 Å². The van der Waals surface area contributed by atoms with Crippen molar-refractivity contribution in [2.24, 2.45) is 0 Å². The molecular weight excluding hydrogens is 440 g/mol. The zero-order chi connectivity index (χ0) is 23.5. The number of halogens is 1. The zero-order valence-electron chi connectivity index (χ0n) is 19.3. The van der Waals surface area contributed by atoms with E-state index in [2.05, 4.69) is 54.2 Å². The molecule has 0 unspecified atom stereocenters. The lowest BCUT2D eigenvalue weighted by molar-refractivity contribution is 0.102. The molecule has 1 aromatic carbocycles. The van der Waals surface area contributed by atoms with Gasteiger partial charge in [-0.3, -0.25) is 9.69 Å². The fourth-order valence-electron chi connectivity index (χ4n) is 3.84. The number of amides is 1. The number of carbonyl (C=O) groups is 1. The lowest BCUT2D eigenvalue weighted by Gasteiger charge is -2.37. The monoisotopic (exact) mass is 468 g/mol. The first-order valence-electron chi connectivity index (χ1n) is 11.0. The third kappa shape index (κ3) is 5.43. The van der Waals surface area contributed by atoms with Gasteiger partial charge in [-0.2, -0.15) is 0 Å². The number of aromatic amines is 1. The number of aromatic nitrogens is 4. The van der Waals surface area contributed by atoms with E-state index in [1.54, 1.807) is 6.07 Å². The van der Waals surface area contributed by atoms with E-state index >= 15 is 0 Å². The molecule has 1 fully saturated rings. The van der Waals surface area contributed by atoms with E-state index in [-0.39, 0.29) is 5.91 Å². The van der Waals surface area contributed by atoms with E-state index in [1.165, 1.54) is 6.20 Å². The summed E-state index contributed by atoms with van der Waals surface area (Å²) in [4.78, 5) is 33.8. The van der Waals surface area contributed by atoms with Gasteiger partial charge in [0.05, 0.1) is 16.9 Å². The molecule has 1 aliphatic heterocycles. The van der Waals surface area contributed by atoms with Gasteiger partial charge < -0.3 is 20.5 Å². The molecule has 3 N–H and O–H groups in total. The van der Waals surface area contributed by atoms with Gasteiger partial charge in [0.2, 0.25) is 5.95 Å². The summed E-state index contributed by atoms with van der Waals surface area (Å²) in [5.41, 5.74) is 1.78. The van der Waals surface area contributed by atoms with Gasteiger partial charge in [-0.15, -0.1) is 0 Å². The molecule has 0 aliphatic carbocycles. The van der Waals surface area contributed by atoms with E-state index in [0.29, 0.717) is 40.0 Å². The summed E-state index contributed by atoms with van der Waals surface area (Å²) in [5, 5.41) is 6.48. The van der Waals surface area contributed by atoms with Crippen LogP contribution in [0.4, 0.5) is 23.3 Å². The van der Waals surface area contributed by atoms with Gasteiger partial charge in [0.15, 0.2) is 0 Å². The van der Waals surface area contributed by atoms with Crippen LogP contribution in [0.25, 0.3) is 0 Å². The number of benzene rings is 1. The molecule has 3 aromatic rings. The number of nitrogens with one attached hydrogen (secondary N) is 3. The average Bonchev–Trinajstić information content (AvgIpc) is 3.24. The van der Waals surface area contributed by atoms with Gasteiger partial charge in [-0.05, 0) is 39.3 Å². The van der Waals surface area contributed by atoms with Crippen molar-refractivity contribution in [3.8, 4) is 0 Å². The first kappa shape index (κ1) is 23.0. The Morgan fingerprint density at radius 2 is 1.91 bits per heavy atom. The Kier molecular flexibility index (Phi) is 6.80. The minimum absolute atomic E-state index is 0.313. The maximum absolute atomic E-state index is 12.7. The van der Waals surface area contributed by atoms with Crippen LogP contribution >= 0.6 is 11.6 Å². The summed E-state index contributed by atoms with van der Waals surface area (Å²) in [5.74, 6) is 2.26. The molecule has 0 atom stereocenters. The molecule has 1 amide bonds. The molecule has 174 valence electrons. The van der Waals surface area contributed by atoms with Crippen molar-refractivity contribution in [2.75, 3.05) is 41.7 Å². The molecule has 0 radical (unpaired) electrons. The molecule has 2 aromatic heterocycles. The number of H-pyrrole nitrogens is 1. The molecule has 4 rings (SSSR count). The maximum Gasteiger partial charge on any atom is 0.273 e. The molecular formula is C23H29ClN8O. The fourth-order valence-corrected chi connectivity index (χ4v) is 4.11. The van der Waals surface area contributed by atoms with Crippen LogP contribution in [0.3, 0.4) is 0 Å².